The fraction of sp³-hybridized carbons (Fsp3) is 0.147. The third kappa shape index (κ3) is 5.86. The highest BCUT2D eigenvalue weighted by Gasteiger charge is 2.33. The van der Waals surface area contributed by atoms with Crippen molar-refractivity contribution in [3.05, 3.63) is 114 Å². The second-order valence-electron chi connectivity index (χ2n) is 11.4. The molecule has 0 saturated heterocycles. The van der Waals surface area contributed by atoms with Gasteiger partial charge in [0, 0.05) is 41.3 Å². The van der Waals surface area contributed by atoms with Gasteiger partial charge in [-0.15, -0.1) is 11.3 Å². The number of pyridine rings is 2. The van der Waals surface area contributed by atoms with E-state index >= 15 is 0 Å². The molecule has 3 aromatic carbocycles. The van der Waals surface area contributed by atoms with Crippen molar-refractivity contribution < 1.29 is 21.6 Å². The van der Waals surface area contributed by atoms with Crippen LogP contribution in [0.5, 0.6) is 0 Å². The molecule has 11 heteroatoms. The summed E-state index contributed by atoms with van der Waals surface area (Å²) in [6, 6.07) is 25.5. The van der Waals surface area contributed by atoms with E-state index in [9.17, 15) is 22.0 Å². The van der Waals surface area contributed by atoms with Gasteiger partial charge in [-0.25, -0.2) is 21.8 Å². The Morgan fingerprint density at radius 2 is 1.51 bits per heavy atom. The molecule has 0 fully saturated rings. The van der Waals surface area contributed by atoms with Crippen molar-refractivity contribution in [2.45, 2.75) is 23.5 Å². The van der Waals surface area contributed by atoms with Crippen molar-refractivity contribution in [1.29, 1.82) is 0 Å². The molecule has 0 N–H and O–H groups in total. The molecule has 0 atom stereocenters. The lowest BCUT2D eigenvalue weighted by atomic mass is 9.92. The van der Waals surface area contributed by atoms with Gasteiger partial charge < -0.3 is 5.21 Å². The van der Waals surface area contributed by atoms with Crippen LogP contribution in [0.1, 0.15) is 19.4 Å². The summed E-state index contributed by atoms with van der Waals surface area (Å²) in [5.74, 6) is 0. The van der Waals surface area contributed by atoms with Crippen molar-refractivity contribution in [3.63, 3.8) is 0 Å². The standard InChI is InChI=1S/C34H29N3O5S3/c1-34(2,45(4,41)42)27-19-24-10-6-16-35-30(24)29(20-27)23-8-5-9-25(18-23)32-31(22-12-14-28(15-13-22)44(3,39)40)36-33(43-32)26-11-7-17-37(38)21-26/h5-21H,1-4H3. The topological polar surface area (TPSA) is 121 Å². The van der Waals surface area contributed by atoms with Crippen LogP contribution >= 0.6 is 11.3 Å². The number of sulfone groups is 2. The third-order valence-electron chi connectivity index (χ3n) is 7.97. The number of hydrogen-bond donors (Lipinski definition) is 0. The van der Waals surface area contributed by atoms with Crippen LogP contribution in [-0.2, 0) is 24.4 Å². The van der Waals surface area contributed by atoms with Crippen molar-refractivity contribution in [1.82, 2.24) is 9.97 Å². The van der Waals surface area contributed by atoms with E-state index in [0.29, 0.717) is 21.8 Å². The zero-order valence-corrected chi connectivity index (χ0v) is 27.4. The predicted molar refractivity (Wildman–Crippen MR) is 179 cm³/mol. The number of fused-ring (bicyclic) bond motifs is 1. The lowest BCUT2D eigenvalue weighted by Gasteiger charge is -2.24. The molecule has 0 amide bonds. The van der Waals surface area contributed by atoms with E-state index in [1.54, 1.807) is 50.4 Å². The quantitative estimate of drug-likeness (QED) is 0.139. The van der Waals surface area contributed by atoms with E-state index < -0.39 is 24.4 Å². The summed E-state index contributed by atoms with van der Waals surface area (Å²) < 4.78 is 49.4. The molecule has 0 saturated carbocycles. The van der Waals surface area contributed by atoms with Gasteiger partial charge in [-0.1, -0.05) is 36.4 Å². The maximum Gasteiger partial charge on any atom is 0.190 e. The molecular weight excluding hydrogens is 627 g/mol. The Morgan fingerprint density at radius 3 is 2.20 bits per heavy atom. The second-order valence-corrected chi connectivity index (χ2v) is 17.0. The Balaban J connectivity index is 1.55. The summed E-state index contributed by atoms with van der Waals surface area (Å²) in [5, 5.41) is 13.5. The van der Waals surface area contributed by atoms with Gasteiger partial charge in [-0.2, -0.15) is 4.73 Å². The Labute approximate surface area is 266 Å². The first-order valence-corrected chi connectivity index (χ1v) is 18.5. The Bertz CT molecular complexity index is 2310. The number of hydrogen-bond acceptors (Lipinski definition) is 8. The highest BCUT2D eigenvalue weighted by molar-refractivity contribution is 7.91. The maximum absolute atomic E-state index is 12.8. The van der Waals surface area contributed by atoms with E-state index in [-0.39, 0.29) is 4.90 Å². The van der Waals surface area contributed by atoms with Crippen molar-refractivity contribution in [2.24, 2.45) is 0 Å². The van der Waals surface area contributed by atoms with Crippen LogP contribution in [0, 0.1) is 5.21 Å². The zero-order chi connectivity index (χ0) is 32.1. The maximum atomic E-state index is 12.8. The van der Waals surface area contributed by atoms with E-state index in [0.717, 1.165) is 49.0 Å². The molecule has 0 aliphatic carbocycles. The minimum atomic E-state index is -3.44. The normalized spacial score (nSPS) is 12.4. The summed E-state index contributed by atoms with van der Waals surface area (Å²) in [4.78, 5) is 10.6. The Hall–Kier alpha value is -4.45. The molecule has 0 bridgehead atoms. The van der Waals surface area contributed by atoms with Crippen LogP contribution in [0.3, 0.4) is 0 Å². The molecule has 0 aliphatic heterocycles. The molecule has 0 aliphatic rings. The van der Waals surface area contributed by atoms with Gasteiger partial charge >= 0.3 is 0 Å². The van der Waals surface area contributed by atoms with Gasteiger partial charge in [0.15, 0.2) is 32.1 Å². The van der Waals surface area contributed by atoms with Gasteiger partial charge in [0.05, 0.1) is 31.3 Å². The molecule has 8 nitrogen and oxygen atoms in total. The summed E-state index contributed by atoms with van der Waals surface area (Å²) in [6.45, 7) is 3.41. The Morgan fingerprint density at radius 1 is 0.800 bits per heavy atom. The first-order valence-electron chi connectivity index (χ1n) is 13.9. The summed E-state index contributed by atoms with van der Waals surface area (Å²) in [6.07, 6.45) is 6.99. The molecular formula is C34H29N3O5S3. The molecule has 6 aromatic rings. The van der Waals surface area contributed by atoms with Crippen LogP contribution in [0.4, 0.5) is 0 Å². The molecule has 0 radical (unpaired) electrons. The molecule has 3 aromatic heterocycles. The monoisotopic (exact) mass is 655 g/mol. The largest absolute Gasteiger partial charge is 0.619 e. The van der Waals surface area contributed by atoms with Gasteiger partial charge in [-0.3, -0.25) is 4.98 Å². The van der Waals surface area contributed by atoms with E-state index in [4.69, 9.17) is 4.98 Å². The van der Waals surface area contributed by atoms with Crippen LogP contribution in [0.2, 0.25) is 0 Å². The first-order chi connectivity index (χ1) is 21.2. The molecule has 228 valence electrons. The molecule has 0 spiro atoms. The lowest BCUT2D eigenvalue weighted by molar-refractivity contribution is -0.604. The predicted octanol–water partition coefficient (Wildman–Crippen LogP) is 6.68. The van der Waals surface area contributed by atoms with Gasteiger partial charge in [-0.05, 0) is 73.0 Å². The smallest absolute Gasteiger partial charge is 0.190 e. The summed E-state index contributed by atoms with van der Waals surface area (Å²) >= 11 is 1.42. The average Bonchev–Trinajstić information content (AvgIpc) is 3.45. The molecule has 45 heavy (non-hydrogen) atoms. The summed E-state index contributed by atoms with van der Waals surface area (Å²) in [7, 11) is -6.82. The highest BCUT2D eigenvalue weighted by atomic mass is 32.2. The zero-order valence-electron chi connectivity index (χ0n) is 24.9. The number of thiazole rings is 1. The van der Waals surface area contributed by atoms with Crippen LogP contribution in [0.25, 0.3) is 54.3 Å². The minimum Gasteiger partial charge on any atom is -0.619 e. The molecule has 0 unspecified atom stereocenters. The minimum absolute atomic E-state index is 0.206. The lowest BCUT2D eigenvalue weighted by Crippen LogP contribution is -2.28. The fourth-order valence-corrected chi connectivity index (χ4v) is 7.33. The van der Waals surface area contributed by atoms with Crippen molar-refractivity contribution in [3.8, 4) is 43.4 Å². The number of rotatable bonds is 7. The second kappa shape index (κ2) is 11.2. The van der Waals surface area contributed by atoms with Gasteiger partial charge in [0.25, 0.3) is 0 Å². The average molecular weight is 656 g/mol. The van der Waals surface area contributed by atoms with Gasteiger partial charge in [0.1, 0.15) is 5.01 Å². The van der Waals surface area contributed by atoms with Crippen LogP contribution < -0.4 is 4.73 Å². The fourth-order valence-electron chi connectivity index (χ4n) is 5.08. The summed E-state index contributed by atoms with van der Waals surface area (Å²) in [5.41, 5.74) is 5.90. The van der Waals surface area contributed by atoms with Crippen LogP contribution in [0.15, 0.2) is 108 Å². The van der Waals surface area contributed by atoms with E-state index in [2.05, 4.69) is 4.98 Å². The molecule has 3 heterocycles. The van der Waals surface area contributed by atoms with E-state index in [1.165, 1.54) is 30.0 Å². The Kier molecular flexibility index (Phi) is 7.59. The molecule has 6 rings (SSSR count). The third-order valence-corrected chi connectivity index (χ3v) is 12.3. The highest BCUT2D eigenvalue weighted by Crippen LogP contribution is 2.43. The van der Waals surface area contributed by atoms with E-state index in [1.807, 2.05) is 54.6 Å². The number of aromatic nitrogens is 3. The number of nitrogens with zero attached hydrogens (tertiary/aromatic N) is 3. The first kappa shape index (κ1) is 30.6. The number of benzene rings is 3. The van der Waals surface area contributed by atoms with Crippen LogP contribution in [-0.4, -0.2) is 39.3 Å². The van der Waals surface area contributed by atoms with Crippen molar-refractivity contribution in [2.75, 3.05) is 12.5 Å². The van der Waals surface area contributed by atoms with Gasteiger partial charge in [0.2, 0.25) is 0 Å². The SMILES string of the molecule is CC(C)(c1cc(-c2cccc(-c3sc(-c4ccc[n+]([O-])c4)nc3-c3ccc(S(C)(=O)=O)cc3)c2)c2ncccc2c1)S(C)(=O)=O. The van der Waals surface area contributed by atoms with Crippen molar-refractivity contribution >= 4 is 41.9 Å².